The van der Waals surface area contributed by atoms with Gasteiger partial charge in [0.05, 0.1) is 6.42 Å². The Labute approximate surface area is 206 Å². The smallest absolute Gasteiger partial charge is 0.407 e. The van der Waals surface area contributed by atoms with Crippen molar-refractivity contribution in [3.63, 3.8) is 0 Å². The normalized spacial score (nSPS) is 19.6. The summed E-state index contributed by atoms with van der Waals surface area (Å²) in [6.07, 6.45) is 2.26. The van der Waals surface area contributed by atoms with Gasteiger partial charge in [-0.2, -0.15) is 0 Å². The van der Waals surface area contributed by atoms with Crippen molar-refractivity contribution in [2.24, 2.45) is 11.8 Å². The van der Waals surface area contributed by atoms with Gasteiger partial charge in [-0.3, -0.25) is 9.59 Å². The fourth-order valence-electron chi connectivity index (χ4n) is 5.41. The van der Waals surface area contributed by atoms with Gasteiger partial charge < -0.3 is 20.5 Å². The molecule has 0 aromatic heterocycles. The minimum absolute atomic E-state index is 0.000468. The number of fused-ring (bicyclic) bond motifs is 3. The molecular weight excluding hydrogens is 444 g/mol. The molecule has 2 unspecified atom stereocenters. The van der Waals surface area contributed by atoms with E-state index in [4.69, 9.17) is 9.84 Å². The molecule has 7 heteroatoms. The Kier molecular flexibility index (Phi) is 7.73. The SMILES string of the molecule is CC(C)[C@@H](CC(=O)O)NC(=O)CC1CCCC1NC(=O)OCC1c2ccccc2-c2ccccc21. The van der Waals surface area contributed by atoms with E-state index in [1.807, 2.05) is 38.1 Å². The third kappa shape index (κ3) is 5.84. The maximum atomic E-state index is 12.7. The molecule has 7 nitrogen and oxygen atoms in total. The van der Waals surface area contributed by atoms with Gasteiger partial charge in [-0.1, -0.05) is 68.8 Å². The quantitative estimate of drug-likeness (QED) is 0.485. The molecule has 0 aliphatic heterocycles. The van der Waals surface area contributed by atoms with Gasteiger partial charge in [0, 0.05) is 24.4 Å². The summed E-state index contributed by atoms with van der Waals surface area (Å²) < 4.78 is 5.68. The topological polar surface area (TPSA) is 105 Å². The highest BCUT2D eigenvalue weighted by Gasteiger charge is 2.33. The van der Waals surface area contributed by atoms with Gasteiger partial charge in [-0.25, -0.2) is 4.79 Å². The molecule has 1 fully saturated rings. The Morgan fingerprint density at radius 3 is 2.23 bits per heavy atom. The Hall–Kier alpha value is -3.35. The third-order valence-corrected chi connectivity index (χ3v) is 7.30. The van der Waals surface area contributed by atoms with Crippen LogP contribution in [0.4, 0.5) is 4.79 Å². The molecule has 186 valence electrons. The summed E-state index contributed by atoms with van der Waals surface area (Å²) in [5.74, 6) is -1.07. The van der Waals surface area contributed by atoms with E-state index in [-0.39, 0.29) is 49.2 Å². The van der Waals surface area contributed by atoms with Crippen LogP contribution in [-0.2, 0) is 14.3 Å². The number of carboxylic acids is 1. The maximum absolute atomic E-state index is 12.7. The highest BCUT2D eigenvalue weighted by molar-refractivity contribution is 5.79. The van der Waals surface area contributed by atoms with Crippen LogP contribution in [0, 0.1) is 11.8 Å². The number of ether oxygens (including phenoxy) is 1. The molecule has 4 rings (SSSR count). The summed E-state index contributed by atoms with van der Waals surface area (Å²) in [6, 6.07) is 15.9. The van der Waals surface area contributed by atoms with Crippen LogP contribution in [0.5, 0.6) is 0 Å². The minimum atomic E-state index is -0.931. The first kappa shape index (κ1) is 24.8. The number of rotatable bonds is 9. The number of benzene rings is 2. The second kappa shape index (κ2) is 10.9. The highest BCUT2D eigenvalue weighted by atomic mass is 16.5. The van der Waals surface area contributed by atoms with Crippen LogP contribution < -0.4 is 10.6 Å². The van der Waals surface area contributed by atoms with Crippen LogP contribution in [-0.4, -0.2) is 41.8 Å². The molecule has 2 aliphatic carbocycles. The summed E-state index contributed by atoms with van der Waals surface area (Å²) >= 11 is 0. The molecule has 2 aromatic carbocycles. The lowest BCUT2D eigenvalue weighted by molar-refractivity contribution is -0.138. The minimum Gasteiger partial charge on any atom is -0.481 e. The van der Waals surface area contributed by atoms with Gasteiger partial charge in [0.1, 0.15) is 6.61 Å². The molecular formula is C28H34N2O5. The van der Waals surface area contributed by atoms with E-state index >= 15 is 0 Å². The van der Waals surface area contributed by atoms with Crippen LogP contribution in [0.2, 0.25) is 0 Å². The molecule has 2 amide bonds. The van der Waals surface area contributed by atoms with Gasteiger partial charge in [-0.15, -0.1) is 0 Å². The molecule has 0 saturated heterocycles. The van der Waals surface area contributed by atoms with Crippen molar-refractivity contribution >= 4 is 18.0 Å². The zero-order valence-corrected chi connectivity index (χ0v) is 20.3. The summed E-state index contributed by atoms with van der Waals surface area (Å²) in [7, 11) is 0. The summed E-state index contributed by atoms with van der Waals surface area (Å²) in [5, 5.41) is 14.9. The van der Waals surface area contributed by atoms with Crippen molar-refractivity contribution in [3.05, 3.63) is 59.7 Å². The number of nitrogens with one attached hydrogen (secondary N) is 2. The van der Waals surface area contributed by atoms with E-state index in [1.54, 1.807) is 0 Å². The van der Waals surface area contributed by atoms with Crippen LogP contribution in [0.25, 0.3) is 11.1 Å². The molecule has 0 bridgehead atoms. The zero-order valence-electron chi connectivity index (χ0n) is 20.3. The lowest BCUT2D eigenvalue weighted by atomic mass is 9.97. The number of aliphatic carboxylic acids is 1. The molecule has 0 heterocycles. The lowest BCUT2D eigenvalue weighted by Gasteiger charge is -2.24. The fourth-order valence-corrected chi connectivity index (χ4v) is 5.41. The summed E-state index contributed by atoms with van der Waals surface area (Å²) in [4.78, 5) is 36.4. The molecule has 0 radical (unpaired) electrons. The molecule has 3 atom stereocenters. The van der Waals surface area contributed by atoms with Crippen molar-refractivity contribution in [2.75, 3.05) is 6.61 Å². The number of alkyl carbamates (subject to hydrolysis) is 1. The summed E-state index contributed by atoms with van der Waals surface area (Å²) in [5.41, 5.74) is 4.69. The van der Waals surface area contributed by atoms with Crippen molar-refractivity contribution in [3.8, 4) is 11.1 Å². The van der Waals surface area contributed by atoms with E-state index in [0.717, 1.165) is 30.4 Å². The second-order valence-corrected chi connectivity index (χ2v) is 9.99. The standard InChI is InChI=1S/C28H34N2O5/c1-17(2)25(15-27(32)33)29-26(31)14-18-8-7-13-24(18)30-28(34)35-16-23-21-11-5-3-9-19(21)20-10-4-6-12-22(20)23/h3-6,9-12,17-18,23-25H,7-8,13-16H2,1-2H3,(H,29,31)(H,30,34)(H,32,33)/t18?,24?,25-/m1/s1. The number of carbonyl (C=O) groups is 3. The Bertz CT molecular complexity index is 1040. The Morgan fingerprint density at radius 2 is 1.63 bits per heavy atom. The lowest BCUT2D eigenvalue weighted by Crippen LogP contribution is -2.43. The second-order valence-electron chi connectivity index (χ2n) is 9.99. The van der Waals surface area contributed by atoms with Gasteiger partial charge in [0.2, 0.25) is 5.91 Å². The van der Waals surface area contributed by atoms with E-state index < -0.39 is 18.1 Å². The number of hydrogen-bond acceptors (Lipinski definition) is 4. The molecule has 35 heavy (non-hydrogen) atoms. The molecule has 3 N–H and O–H groups in total. The van der Waals surface area contributed by atoms with E-state index in [9.17, 15) is 14.4 Å². The van der Waals surface area contributed by atoms with Crippen LogP contribution >= 0.6 is 0 Å². The summed E-state index contributed by atoms with van der Waals surface area (Å²) in [6.45, 7) is 4.04. The van der Waals surface area contributed by atoms with Crippen molar-refractivity contribution in [1.82, 2.24) is 10.6 Å². The number of carbonyl (C=O) groups excluding carboxylic acids is 2. The predicted molar refractivity (Wildman–Crippen MR) is 133 cm³/mol. The van der Waals surface area contributed by atoms with Gasteiger partial charge in [0.25, 0.3) is 0 Å². The van der Waals surface area contributed by atoms with E-state index in [0.29, 0.717) is 0 Å². The van der Waals surface area contributed by atoms with Crippen LogP contribution in [0.1, 0.15) is 63.0 Å². The van der Waals surface area contributed by atoms with E-state index in [2.05, 4.69) is 34.9 Å². The average Bonchev–Trinajstić information content (AvgIpc) is 3.38. The van der Waals surface area contributed by atoms with Crippen molar-refractivity contribution < 1.29 is 24.2 Å². The number of hydrogen-bond donors (Lipinski definition) is 3. The average molecular weight is 479 g/mol. The fraction of sp³-hybridized carbons (Fsp3) is 0.464. The largest absolute Gasteiger partial charge is 0.481 e. The first-order valence-electron chi connectivity index (χ1n) is 12.5. The third-order valence-electron chi connectivity index (χ3n) is 7.30. The van der Waals surface area contributed by atoms with Crippen molar-refractivity contribution in [1.29, 1.82) is 0 Å². The zero-order chi connectivity index (χ0) is 24.9. The Morgan fingerprint density at radius 1 is 1.00 bits per heavy atom. The van der Waals surface area contributed by atoms with Gasteiger partial charge in [-0.05, 0) is 46.9 Å². The first-order valence-corrected chi connectivity index (χ1v) is 12.5. The van der Waals surface area contributed by atoms with Crippen LogP contribution in [0.15, 0.2) is 48.5 Å². The highest BCUT2D eigenvalue weighted by Crippen LogP contribution is 2.44. The molecule has 0 spiro atoms. The van der Waals surface area contributed by atoms with Crippen LogP contribution in [0.3, 0.4) is 0 Å². The van der Waals surface area contributed by atoms with E-state index in [1.165, 1.54) is 11.1 Å². The van der Waals surface area contributed by atoms with Gasteiger partial charge >= 0.3 is 12.1 Å². The molecule has 2 aliphatic rings. The maximum Gasteiger partial charge on any atom is 0.407 e. The molecule has 1 saturated carbocycles. The molecule has 2 aromatic rings. The first-order chi connectivity index (χ1) is 16.8. The monoisotopic (exact) mass is 478 g/mol. The van der Waals surface area contributed by atoms with Crippen molar-refractivity contribution in [2.45, 2.75) is 64.0 Å². The predicted octanol–water partition coefficient (Wildman–Crippen LogP) is 4.70. The number of amides is 2. The van der Waals surface area contributed by atoms with Gasteiger partial charge in [0.15, 0.2) is 0 Å². The number of carboxylic acid groups (broad SMARTS) is 1. The Balaban J connectivity index is 1.31.